The molecule has 0 spiro atoms. The van der Waals surface area contributed by atoms with Gasteiger partial charge in [0.1, 0.15) is 5.69 Å². The molecule has 1 aromatic heterocycles. The molecule has 0 saturated heterocycles. The number of halogens is 3. The third-order valence-corrected chi connectivity index (χ3v) is 2.11. The Morgan fingerprint density at radius 3 is 2.53 bits per heavy atom. The quantitative estimate of drug-likeness (QED) is 0.886. The van der Waals surface area contributed by atoms with Gasteiger partial charge in [0.25, 0.3) is 5.56 Å². The van der Waals surface area contributed by atoms with Crippen molar-refractivity contribution in [3.63, 3.8) is 0 Å². The SMILES string of the molecule is O=C(O)c1cccc(=O)n1CCCC(F)(F)F. The first-order valence-electron chi connectivity index (χ1n) is 4.81. The maximum Gasteiger partial charge on any atom is 0.389 e. The highest BCUT2D eigenvalue weighted by Gasteiger charge is 2.26. The van der Waals surface area contributed by atoms with Crippen molar-refractivity contribution in [3.8, 4) is 0 Å². The summed E-state index contributed by atoms with van der Waals surface area (Å²) in [5.74, 6) is -1.34. The molecule has 94 valence electrons. The summed E-state index contributed by atoms with van der Waals surface area (Å²) in [7, 11) is 0. The molecule has 7 heteroatoms. The second kappa shape index (κ2) is 5.03. The third-order valence-electron chi connectivity index (χ3n) is 2.11. The average Bonchev–Trinajstić information content (AvgIpc) is 2.18. The van der Waals surface area contributed by atoms with Gasteiger partial charge in [-0.05, 0) is 12.5 Å². The average molecular weight is 249 g/mol. The van der Waals surface area contributed by atoms with Crippen LogP contribution in [0.1, 0.15) is 23.3 Å². The van der Waals surface area contributed by atoms with Crippen LogP contribution in [0.5, 0.6) is 0 Å². The molecule has 0 atom stereocenters. The summed E-state index contributed by atoms with van der Waals surface area (Å²) >= 11 is 0. The molecule has 0 amide bonds. The number of pyridine rings is 1. The summed E-state index contributed by atoms with van der Waals surface area (Å²) in [5.41, 5.74) is -0.924. The van der Waals surface area contributed by atoms with Crippen LogP contribution in [0.15, 0.2) is 23.0 Å². The number of aromatic nitrogens is 1. The lowest BCUT2D eigenvalue weighted by atomic mass is 10.2. The Morgan fingerprint density at radius 2 is 2.00 bits per heavy atom. The number of nitrogens with zero attached hydrogens (tertiary/aromatic N) is 1. The molecule has 0 fully saturated rings. The zero-order valence-electron chi connectivity index (χ0n) is 8.70. The molecule has 1 N–H and O–H groups in total. The standard InChI is InChI=1S/C10H10F3NO3/c11-10(12,13)5-2-6-14-7(9(16)17)3-1-4-8(14)15/h1,3-4H,2,5-6H2,(H,16,17). The first kappa shape index (κ1) is 13.3. The van der Waals surface area contributed by atoms with Gasteiger partial charge in [0.05, 0.1) is 0 Å². The highest BCUT2D eigenvalue weighted by molar-refractivity contribution is 5.85. The van der Waals surface area contributed by atoms with Crippen LogP contribution in [0, 0.1) is 0 Å². The Balaban J connectivity index is 2.83. The van der Waals surface area contributed by atoms with E-state index in [2.05, 4.69) is 0 Å². The number of carbonyl (C=O) groups is 1. The van der Waals surface area contributed by atoms with Crippen LogP contribution in [-0.2, 0) is 6.54 Å². The maximum atomic E-state index is 11.9. The van der Waals surface area contributed by atoms with Crippen molar-refractivity contribution in [3.05, 3.63) is 34.2 Å². The van der Waals surface area contributed by atoms with Crippen molar-refractivity contribution in [2.75, 3.05) is 0 Å². The molecule has 0 bridgehead atoms. The molecule has 17 heavy (non-hydrogen) atoms. The van der Waals surface area contributed by atoms with E-state index in [4.69, 9.17) is 5.11 Å². The first-order valence-corrected chi connectivity index (χ1v) is 4.81. The predicted molar refractivity (Wildman–Crippen MR) is 53.0 cm³/mol. The summed E-state index contributed by atoms with van der Waals surface area (Å²) in [4.78, 5) is 22.1. The number of aromatic carboxylic acids is 1. The van der Waals surface area contributed by atoms with E-state index in [-0.39, 0.29) is 18.7 Å². The van der Waals surface area contributed by atoms with Gasteiger partial charge in [-0.1, -0.05) is 6.07 Å². The monoisotopic (exact) mass is 249 g/mol. The van der Waals surface area contributed by atoms with E-state index in [1.54, 1.807) is 0 Å². The Kier molecular flexibility index (Phi) is 3.93. The minimum Gasteiger partial charge on any atom is -0.477 e. The molecular weight excluding hydrogens is 239 g/mol. The minimum absolute atomic E-state index is 0.263. The van der Waals surface area contributed by atoms with Gasteiger partial charge in [-0.25, -0.2) is 4.79 Å². The Bertz CT molecular complexity index is 465. The van der Waals surface area contributed by atoms with Crippen LogP contribution in [-0.4, -0.2) is 21.8 Å². The van der Waals surface area contributed by atoms with Crippen LogP contribution in [0.4, 0.5) is 13.2 Å². The van der Waals surface area contributed by atoms with E-state index in [0.29, 0.717) is 0 Å². The van der Waals surface area contributed by atoms with Crippen molar-refractivity contribution in [2.45, 2.75) is 25.6 Å². The van der Waals surface area contributed by atoms with Crippen molar-refractivity contribution >= 4 is 5.97 Å². The second-order valence-electron chi connectivity index (χ2n) is 3.42. The van der Waals surface area contributed by atoms with Gasteiger partial charge in [0.2, 0.25) is 0 Å². The molecule has 0 aromatic carbocycles. The van der Waals surface area contributed by atoms with E-state index in [9.17, 15) is 22.8 Å². The molecule has 0 aliphatic heterocycles. The molecule has 0 radical (unpaired) electrons. The fraction of sp³-hybridized carbons (Fsp3) is 0.400. The van der Waals surface area contributed by atoms with Gasteiger partial charge in [-0.3, -0.25) is 4.79 Å². The van der Waals surface area contributed by atoms with Crippen LogP contribution < -0.4 is 5.56 Å². The van der Waals surface area contributed by atoms with E-state index in [0.717, 1.165) is 10.6 Å². The Hall–Kier alpha value is -1.79. The Morgan fingerprint density at radius 1 is 1.35 bits per heavy atom. The lowest BCUT2D eigenvalue weighted by molar-refractivity contribution is -0.135. The number of carboxylic acids is 1. The number of alkyl halides is 3. The summed E-state index contributed by atoms with van der Waals surface area (Å²) < 4.78 is 36.6. The molecule has 0 aliphatic carbocycles. The van der Waals surface area contributed by atoms with E-state index in [1.165, 1.54) is 12.1 Å². The van der Waals surface area contributed by atoms with E-state index in [1.807, 2.05) is 0 Å². The Labute approximate surface area is 94.3 Å². The van der Waals surface area contributed by atoms with Crippen molar-refractivity contribution in [1.29, 1.82) is 0 Å². The summed E-state index contributed by atoms with van der Waals surface area (Å²) in [6.45, 7) is -0.263. The van der Waals surface area contributed by atoms with E-state index >= 15 is 0 Å². The topological polar surface area (TPSA) is 59.3 Å². The molecular formula is C10H10F3NO3. The van der Waals surface area contributed by atoms with Gasteiger partial charge in [0.15, 0.2) is 0 Å². The van der Waals surface area contributed by atoms with Crippen LogP contribution in [0.3, 0.4) is 0 Å². The maximum absolute atomic E-state index is 11.9. The normalized spacial score (nSPS) is 11.5. The number of rotatable bonds is 4. The number of hydrogen-bond acceptors (Lipinski definition) is 2. The molecule has 4 nitrogen and oxygen atoms in total. The summed E-state index contributed by atoms with van der Waals surface area (Å²) in [6, 6.07) is 3.55. The second-order valence-corrected chi connectivity index (χ2v) is 3.42. The molecule has 1 heterocycles. The molecule has 1 rings (SSSR count). The fourth-order valence-corrected chi connectivity index (χ4v) is 1.38. The fourth-order valence-electron chi connectivity index (χ4n) is 1.38. The zero-order valence-corrected chi connectivity index (χ0v) is 8.70. The van der Waals surface area contributed by atoms with Crippen molar-refractivity contribution < 1.29 is 23.1 Å². The number of carboxylic acid groups (broad SMARTS) is 1. The molecule has 1 aromatic rings. The van der Waals surface area contributed by atoms with Gasteiger partial charge in [-0.15, -0.1) is 0 Å². The lowest BCUT2D eigenvalue weighted by Gasteiger charge is -2.10. The molecule has 0 saturated carbocycles. The third kappa shape index (κ3) is 3.93. The minimum atomic E-state index is -4.30. The lowest BCUT2D eigenvalue weighted by Crippen LogP contribution is -2.25. The van der Waals surface area contributed by atoms with Gasteiger partial charge < -0.3 is 9.67 Å². The zero-order chi connectivity index (χ0) is 13.1. The van der Waals surface area contributed by atoms with Gasteiger partial charge >= 0.3 is 12.1 Å². The smallest absolute Gasteiger partial charge is 0.389 e. The first-order chi connectivity index (χ1) is 7.81. The highest BCUT2D eigenvalue weighted by atomic mass is 19.4. The van der Waals surface area contributed by atoms with Gasteiger partial charge in [0, 0.05) is 19.0 Å². The van der Waals surface area contributed by atoms with Crippen LogP contribution >= 0.6 is 0 Å². The van der Waals surface area contributed by atoms with E-state index < -0.39 is 24.1 Å². The number of hydrogen-bond donors (Lipinski definition) is 1. The predicted octanol–water partition coefficient (Wildman–Crippen LogP) is 1.89. The van der Waals surface area contributed by atoms with Crippen LogP contribution in [0.25, 0.3) is 0 Å². The molecule has 0 aliphatic rings. The summed E-state index contributed by atoms with van der Waals surface area (Å²) in [6.07, 6.45) is -5.68. The largest absolute Gasteiger partial charge is 0.477 e. The molecule has 0 unspecified atom stereocenters. The van der Waals surface area contributed by atoms with Crippen molar-refractivity contribution in [2.24, 2.45) is 0 Å². The van der Waals surface area contributed by atoms with Crippen molar-refractivity contribution in [1.82, 2.24) is 4.57 Å². The van der Waals surface area contributed by atoms with Crippen LogP contribution in [0.2, 0.25) is 0 Å². The summed E-state index contributed by atoms with van der Waals surface area (Å²) in [5, 5.41) is 8.77. The van der Waals surface area contributed by atoms with Gasteiger partial charge in [-0.2, -0.15) is 13.2 Å². The highest BCUT2D eigenvalue weighted by Crippen LogP contribution is 2.21.